The first-order valence-corrected chi connectivity index (χ1v) is 40.7. The van der Waals surface area contributed by atoms with E-state index < -0.39 is 156 Å². The Kier molecular flexibility index (Phi) is 51.0. The summed E-state index contributed by atoms with van der Waals surface area (Å²) in [6, 6.07) is 0. The first kappa shape index (κ1) is 91.2. The maximum Gasteiger partial charge on any atom is 0.472 e. The second-order valence-corrected chi connectivity index (χ2v) is 30.1. The average Bonchev–Trinajstić information content (AvgIpc) is 0.765. The van der Waals surface area contributed by atoms with Crippen LogP contribution < -0.4 is 0 Å². The molecule has 19 atom stereocenters. The molecule has 0 aromatic rings. The van der Waals surface area contributed by atoms with Crippen LogP contribution >= 0.6 is 7.82 Å². The van der Waals surface area contributed by atoms with Crippen molar-refractivity contribution in [2.24, 2.45) is 5.92 Å². The lowest BCUT2D eigenvalue weighted by Gasteiger charge is -2.49. The van der Waals surface area contributed by atoms with Crippen molar-refractivity contribution in [3.05, 3.63) is 0 Å². The van der Waals surface area contributed by atoms with Crippen LogP contribution in [0.5, 0.6) is 0 Å². The van der Waals surface area contributed by atoms with Crippen LogP contribution in [0.3, 0.4) is 0 Å². The third-order valence-electron chi connectivity index (χ3n) is 19.8. The van der Waals surface area contributed by atoms with Gasteiger partial charge in [0.2, 0.25) is 0 Å². The van der Waals surface area contributed by atoms with E-state index in [2.05, 4.69) is 27.7 Å². The topological polar surface area (TPSA) is 374 Å². The minimum atomic E-state index is -5.69. The van der Waals surface area contributed by atoms with Crippen LogP contribution in [0.4, 0.5) is 0 Å². The van der Waals surface area contributed by atoms with E-state index in [9.17, 15) is 74.9 Å². The molecule has 2 saturated heterocycles. The van der Waals surface area contributed by atoms with Gasteiger partial charge in [0, 0.05) is 19.3 Å². The van der Waals surface area contributed by atoms with Crippen LogP contribution in [0, 0.1) is 5.92 Å². The van der Waals surface area contributed by atoms with E-state index in [1.54, 1.807) is 0 Å². The molecule has 584 valence electrons. The number of carbonyl (C=O) groups excluding carboxylic acids is 3. The summed E-state index contributed by atoms with van der Waals surface area (Å²) in [4.78, 5) is 51.1. The monoisotopic (exact) mass is 1440 g/mol. The molecule has 0 bridgehead atoms. The van der Waals surface area contributed by atoms with Gasteiger partial charge in [0.25, 0.3) is 0 Å². The van der Waals surface area contributed by atoms with Gasteiger partial charge >= 0.3 is 25.7 Å². The van der Waals surface area contributed by atoms with E-state index >= 15 is 0 Å². The maximum absolute atomic E-state index is 14.3. The molecule has 1 aliphatic carbocycles. The van der Waals surface area contributed by atoms with Crippen molar-refractivity contribution in [2.45, 2.75) is 421 Å². The highest BCUT2D eigenvalue weighted by molar-refractivity contribution is 7.47. The van der Waals surface area contributed by atoms with Crippen molar-refractivity contribution in [3.63, 3.8) is 0 Å². The summed E-state index contributed by atoms with van der Waals surface area (Å²) in [6.45, 7) is 5.80. The molecule has 11 N–H and O–H groups in total. The van der Waals surface area contributed by atoms with Crippen LogP contribution in [-0.2, 0) is 61.2 Å². The quantitative estimate of drug-likeness (QED) is 0.0117. The van der Waals surface area contributed by atoms with E-state index in [1.807, 2.05) is 0 Å². The van der Waals surface area contributed by atoms with Gasteiger partial charge in [-0.15, -0.1) is 0 Å². The number of hydrogen-bond donors (Lipinski definition) is 11. The normalized spacial score (nSPS) is 27.7. The third kappa shape index (κ3) is 38.7. The van der Waals surface area contributed by atoms with Crippen molar-refractivity contribution in [3.8, 4) is 0 Å². The molecular weight excluding hydrogens is 1300 g/mol. The van der Waals surface area contributed by atoms with Crippen molar-refractivity contribution < 1.29 is 117 Å². The van der Waals surface area contributed by atoms with Gasteiger partial charge in [-0.2, -0.15) is 0 Å². The van der Waals surface area contributed by atoms with Crippen molar-refractivity contribution in [1.82, 2.24) is 0 Å². The summed E-state index contributed by atoms with van der Waals surface area (Å²) in [5.41, 5.74) is 0. The number of esters is 3. The Labute approximate surface area is 593 Å². The largest absolute Gasteiger partial charge is 0.472 e. The Bertz CT molecular complexity index is 2060. The summed E-state index contributed by atoms with van der Waals surface area (Å²) in [5.74, 6) is -1.28. The van der Waals surface area contributed by atoms with Crippen molar-refractivity contribution in [2.75, 3.05) is 26.4 Å². The predicted octanol–water partition coefficient (Wildman–Crippen LogP) is 11.2. The fraction of sp³-hybridized carbons (Fsp3) is 0.959. The van der Waals surface area contributed by atoms with Gasteiger partial charge in [-0.3, -0.25) is 23.4 Å². The summed E-state index contributed by atoms with van der Waals surface area (Å²) in [7, 11) is -5.69. The molecule has 24 nitrogen and oxygen atoms in total. The maximum atomic E-state index is 14.3. The molecule has 0 amide bonds. The number of aliphatic hydroxyl groups excluding tert-OH is 10. The van der Waals surface area contributed by atoms with Gasteiger partial charge in [0.05, 0.1) is 13.2 Å². The number of ether oxygens (including phenoxy) is 7. The predicted molar refractivity (Wildman–Crippen MR) is 375 cm³/mol. The minimum absolute atomic E-state index is 0.0310. The van der Waals surface area contributed by atoms with Gasteiger partial charge in [-0.25, -0.2) is 4.57 Å². The van der Waals surface area contributed by atoms with Crippen LogP contribution in [0.15, 0.2) is 0 Å². The summed E-state index contributed by atoms with van der Waals surface area (Å²) >= 11 is 0. The lowest BCUT2D eigenvalue weighted by Crippen LogP contribution is -2.69. The zero-order valence-electron chi connectivity index (χ0n) is 61.2. The van der Waals surface area contributed by atoms with E-state index in [0.29, 0.717) is 25.2 Å². The van der Waals surface area contributed by atoms with E-state index in [-0.39, 0.29) is 19.3 Å². The molecule has 3 rings (SSSR count). The third-order valence-corrected chi connectivity index (χ3v) is 20.8. The lowest BCUT2D eigenvalue weighted by atomic mass is 9.84. The fourth-order valence-electron chi connectivity index (χ4n) is 13.3. The number of carbonyl (C=O) groups is 3. The average molecular weight is 1440 g/mol. The SMILES string of the molecule is CCCCCCCCCCCCCCCCCC(=O)OCC(COP(=O)(O)OC1C(OC2OC(CO)C(O)C(O)C2O)C(O)C(O)C(O)C1OC1OC(COC(=O)CCCCCCCCC(C)CCCCCCCC)C(O)C(O)C1O)OC(=O)CCCCCCCCCCCCCCC. The zero-order chi connectivity index (χ0) is 72.6. The van der Waals surface area contributed by atoms with Gasteiger partial charge < -0.3 is 89.1 Å². The lowest BCUT2D eigenvalue weighted by molar-refractivity contribution is -0.360. The van der Waals surface area contributed by atoms with Gasteiger partial charge in [0.15, 0.2) is 18.7 Å². The fourth-order valence-corrected chi connectivity index (χ4v) is 14.3. The van der Waals surface area contributed by atoms with E-state index in [0.717, 1.165) is 89.9 Å². The molecule has 0 aromatic carbocycles. The van der Waals surface area contributed by atoms with Crippen LogP contribution in [-0.4, -0.2) is 204 Å². The first-order valence-electron chi connectivity index (χ1n) is 39.2. The Balaban J connectivity index is 1.72. The number of rotatable bonds is 61. The first-order chi connectivity index (χ1) is 47.7. The Morgan fingerprint density at radius 1 is 0.384 bits per heavy atom. The van der Waals surface area contributed by atoms with Gasteiger partial charge in [-0.1, -0.05) is 278 Å². The molecule has 0 aromatic heterocycles. The number of unbranched alkanes of at least 4 members (excludes halogenated alkanes) is 36. The highest BCUT2D eigenvalue weighted by atomic mass is 31.2. The zero-order valence-corrected chi connectivity index (χ0v) is 62.1. The van der Waals surface area contributed by atoms with Gasteiger partial charge in [0.1, 0.15) is 98.7 Å². The molecular formula is C74H139O24P. The van der Waals surface area contributed by atoms with Crippen molar-refractivity contribution >= 4 is 25.7 Å². The van der Waals surface area contributed by atoms with E-state index in [1.165, 1.54) is 161 Å². The van der Waals surface area contributed by atoms with Crippen LogP contribution in [0.1, 0.15) is 317 Å². The highest BCUT2D eigenvalue weighted by Gasteiger charge is 2.58. The summed E-state index contributed by atoms with van der Waals surface area (Å²) in [6.07, 6.45) is 11.6. The Morgan fingerprint density at radius 2 is 0.707 bits per heavy atom. The smallest absolute Gasteiger partial charge is 0.463 e. The molecule has 0 radical (unpaired) electrons. The van der Waals surface area contributed by atoms with Gasteiger partial charge in [-0.05, 0) is 25.2 Å². The van der Waals surface area contributed by atoms with Crippen LogP contribution in [0.25, 0.3) is 0 Å². The molecule has 2 aliphatic heterocycles. The molecule has 3 fully saturated rings. The molecule has 19 unspecified atom stereocenters. The Hall–Kier alpha value is -2.04. The van der Waals surface area contributed by atoms with Crippen LogP contribution in [0.2, 0.25) is 0 Å². The standard InChI is InChI=1S/C74H139O24P/c1-5-8-11-14-17-19-21-23-24-26-27-29-31-37-42-47-58(76)90-51-55(93-60(78)49-44-39-32-30-28-25-22-20-18-15-12-9-6-2)52-92-99(88,89)98-72-70(96-73-68(86)63(81)61(79)56(50-75)94-73)66(84)65(83)67(85)71(72)97-74-69(87)64(82)62(80)57(95-74)53-91-59(77)48-43-38-34-33-36-41-46-54(4)45-40-35-16-13-10-7-3/h54-57,61-75,79-87H,5-53H2,1-4H3,(H,88,89). The van der Waals surface area contributed by atoms with Crippen molar-refractivity contribution in [1.29, 1.82) is 0 Å². The second-order valence-electron chi connectivity index (χ2n) is 28.7. The molecule has 1 saturated carbocycles. The molecule has 3 aliphatic rings. The van der Waals surface area contributed by atoms with E-state index in [4.69, 9.17) is 42.2 Å². The summed E-state index contributed by atoms with van der Waals surface area (Å²) < 4.78 is 65.1. The molecule has 2 heterocycles. The number of phosphoric acid groups is 1. The molecule has 99 heavy (non-hydrogen) atoms. The number of aliphatic hydroxyl groups is 10. The minimum Gasteiger partial charge on any atom is -0.463 e. The number of phosphoric ester groups is 1. The summed E-state index contributed by atoms with van der Waals surface area (Å²) in [5, 5.41) is 110. The second kappa shape index (κ2) is 55.4. The molecule has 25 heteroatoms. The highest BCUT2D eigenvalue weighted by Crippen LogP contribution is 2.49. The number of hydrogen-bond acceptors (Lipinski definition) is 23. The Morgan fingerprint density at radius 3 is 1.09 bits per heavy atom. The molecule has 0 spiro atoms.